The van der Waals surface area contributed by atoms with Gasteiger partial charge in [-0.2, -0.15) is 0 Å². The van der Waals surface area contributed by atoms with Crippen molar-refractivity contribution in [2.75, 3.05) is 0 Å². The number of hydrogen-bond donors (Lipinski definition) is 1. The molecule has 1 atom stereocenters. The minimum Gasteiger partial charge on any atom is -0.478 e. The van der Waals surface area contributed by atoms with Gasteiger partial charge in [0.2, 0.25) is 6.10 Å². The van der Waals surface area contributed by atoms with Crippen molar-refractivity contribution in [3.8, 4) is 0 Å². The van der Waals surface area contributed by atoms with Gasteiger partial charge in [-0.15, -0.1) is 0 Å². The third kappa shape index (κ3) is 3.09. The van der Waals surface area contributed by atoms with Gasteiger partial charge >= 0.3 is 11.9 Å². The zero-order chi connectivity index (χ0) is 11.3. The fourth-order valence-electron chi connectivity index (χ4n) is 1.10. The second kappa shape index (κ2) is 5.14. The van der Waals surface area contributed by atoms with E-state index in [1.54, 1.807) is 37.3 Å². The Morgan fingerprint density at radius 3 is 2.40 bits per heavy atom. The fraction of sp³-hybridized carbons (Fsp3) is 0.273. The van der Waals surface area contributed by atoms with Crippen molar-refractivity contribution in [3.05, 3.63) is 35.9 Å². The lowest BCUT2D eigenvalue weighted by molar-refractivity contribution is -0.164. The van der Waals surface area contributed by atoms with Gasteiger partial charge < -0.3 is 9.84 Å². The van der Waals surface area contributed by atoms with Gasteiger partial charge in [0.15, 0.2) is 0 Å². The van der Waals surface area contributed by atoms with E-state index in [0.29, 0.717) is 5.56 Å². The second-order valence-electron chi connectivity index (χ2n) is 2.97. The fourth-order valence-corrected chi connectivity index (χ4v) is 1.10. The number of carbonyl (C=O) groups excluding carboxylic acids is 1. The summed E-state index contributed by atoms with van der Waals surface area (Å²) in [5, 5.41) is 8.89. The van der Waals surface area contributed by atoms with E-state index in [1.165, 1.54) is 0 Å². The maximum atomic E-state index is 11.0. The Morgan fingerprint density at radius 1 is 1.33 bits per heavy atom. The van der Waals surface area contributed by atoms with Crippen molar-refractivity contribution in [1.82, 2.24) is 0 Å². The first-order valence-corrected chi connectivity index (χ1v) is 4.62. The number of hydrogen-bond acceptors (Lipinski definition) is 3. The van der Waals surface area contributed by atoms with E-state index in [-0.39, 0.29) is 6.42 Å². The Bertz CT molecular complexity index is 345. The Kier molecular flexibility index (Phi) is 3.85. The second-order valence-corrected chi connectivity index (χ2v) is 2.97. The minimum absolute atomic E-state index is 0.163. The quantitative estimate of drug-likeness (QED) is 0.766. The summed E-state index contributed by atoms with van der Waals surface area (Å²) in [5.41, 5.74) is 0.465. The van der Waals surface area contributed by atoms with Crippen LogP contribution in [0.3, 0.4) is 0 Å². The number of benzene rings is 1. The first-order valence-electron chi connectivity index (χ1n) is 4.62. The predicted molar refractivity (Wildman–Crippen MR) is 53.2 cm³/mol. The van der Waals surface area contributed by atoms with Crippen molar-refractivity contribution < 1.29 is 19.4 Å². The Hall–Kier alpha value is -1.84. The third-order valence-electron chi connectivity index (χ3n) is 1.86. The molecule has 0 aliphatic heterocycles. The lowest BCUT2D eigenvalue weighted by Crippen LogP contribution is -2.18. The maximum absolute atomic E-state index is 11.0. The molecule has 80 valence electrons. The maximum Gasteiger partial charge on any atom is 0.349 e. The average Bonchev–Trinajstić information content (AvgIpc) is 2.26. The SMILES string of the molecule is CCC(=O)O[C@@H](C(=O)O)c1ccccc1. The number of carbonyl (C=O) groups is 2. The first-order chi connectivity index (χ1) is 7.15. The summed E-state index contributed by atoms with van der Waals surface area (Å²) >= 11 is 0. The van der Waals surface area contributed by atoms with Crippen molar-refractivity contribution >= 4 is 11.9 Å². The lowest BCUT2D eigenvalue weighted by atomic mass is 10.1. The number of rotatable bonds is 4. The molecule has 4 heteroatoms. The van der Waals surface area contributed by atoms with E-state index in [2.05, 4.69) is 0 Å². The molecule has 1 rings (SSSR count). The highest BCUT2D eigenvalue weighted by Gasteiger charge is 2.23. The van der Waals surface area contributed by atoms with Crippen LogP contribution in [-0.2, 0) is 14.3 Å². The molecular formula is C11H12O4. The van der Waals surface area contributed by atoms with Crippen LogP contribution in [0.15, 0.2) is 30.3 Å². The lowest BCUT2D eigenvalue weighted by Gasteiger charge is -2.13. The van der Waals surface area contributed by atoms with Gasteiger partial charge in [0.25, 0.3) is 0 Å². The molecule has 0 amide bonds. The smallest absolute Gasteiger partial charge is 0.349 e. The molecule has 15 heavy (non-hydrogen) atoms. The molecule has 0 fully saturated rings. The van der Waals surface area contributed by atoms with Gasteiger partial charge in [0.1, 0.15) is 0 Å². The highest BCUT2D eigenvalue weighted by molar-refractivity contribution is 5.79. The van der Waals surface area contributed by atoms with Crippen LogP contribution in [-0.4, -0.2) is 17.0 Å². The molecule has 0 heterocycles. The van der Waals surface area contributed by atoms with Crippen molar-refractivity contribution in [3.63, 3.8) is 0 Å². The summed E-state index contributed by atoms with van der Waals surface area (Å²) in [6, 6.07) is 8.39. The number of esters is 1. The van der Waals surface area contributed by atoms with Crippen LogP contribution in [0.25, 0.3) is 0 Å². The van der Waals surface area contributed by atoms with Gasteiger partial charge in [-0.25, -0.2) is 4.79 Å². The van der Waals surface area contributed by atoms with E-state index in [4.69, 9.17) is 9.84 Å². The Labute approximate surface area is 87.5 Å². The number of carboxylic acids is 1. The number of carboxylic acid groups (broad SMARTS) is 1. The molecule has 0 saturated heterocycles. The highest BCUT2D eigenvalue weighted by Crippen LogP contribution is 2.17. The third-order valence-corrected chi connectivity index (χ3v) is 1.86. The molecule has 1 aromatic rings. The molecular weight excluding hydrogens is 196 g/mol. The van der Waals surface area contributed by atoms with E-state index >= 15 is 0 Å². The largest absolute Gasteiger partial charge is 0.478 e. The molecule has 0 aliphatic rings. The number of ether oxygens (including phenoxy) is 1. The number of aliphatic carboxylic acids is 1. The van der Waals surface area contributed by atoms with Crippen molar-refractivity contribution in [2.24, 2.45) is 0 Å². The molecule has 0 aromatic heterocycles. The first kappa shape index (κ1) is 11.2. The van der Waals surface area contributed by atoms with E-state index in [9.17, 15) is 9.59 Å². The topological polar surface area (TPSA) is 63.6 Å². The van der Waals surface area contributed by atoms with Crippen molar-refractivity contribution in [2.45, 2.75) is 19.4 Å². The molecule has 0 bridgehead atoms. The van der Waals surface area contributed by atoms with Crippen LogP contribution in [0.4, 0.5) is 0 Å². The molecule has 0 aliphatic carbocycles. The van der Waals surface area contributed by atoms with Gasteiger partial charge in [0, 0.05) is 12.0 Å². The molecule has 1 aromatic carbocycles. The van der Waals surface area contributed by atoms with Gasteiger partial charge in [0.05, 0.1) is 0 Å². The van der Waals surface area contributed by atoms with Crippen LogP contribution >= 0.6 is 0 Å². The normalized spacial score (nSPS) is 11.8. The summed E-state index contributed by atoms with van der Waals surface area (Å²) in [7, 11) is 0. The predicted octanol–water partition coefficient (Wildman–Crippen LogP) is 1.77. The minimum atomic E-state index is -1.21. The summed E-state index contributed by atoms with van der Waals surface area (Å²) in [4.78, 5) is 21.9. The summed E-state index contributed by atoms with van der Waals surface area (Å²) < 4.78 is 4.81. The Balaban J connectivity index is 2.84. The van der Waals surface area contributed by atoms with E-state index < -0.39 is 18.0 Å². The molecule has 0 radical (unpaired) electrons. The van der Waals surface area contributed by atoms with Crippen LogP contribution < -0.4 is 0 Å². The monoisotopic (exact) mass is 208 g/mol. The van der Waals surface area contributed by atoms with Gasteiger partial charge in [-0.1, -0.05) is 37.3 Å². The van der Waals surface area contributed by atoms with Crippen molar-refractivity contribution in [1.29, 1.82) is 0 Å². The average molecular weight is 208 g/mol. The van der Waals surface area contributed by atoms with E-state index in [1.807, 2.05) is 0 Å². The molecule has 1 N–H and O–H groups in total. The van der Waals surface area contributed by atoms with Crippen LogP contribution in [0.1, 0.15) is 25.0 Å². The Morgan fingerprint density at radius 2 is 1.93 bits per heavy atom. The summed E-state index contributed by atoms with van der Waals surface area (Å²) in [6.07, 6.45) is -1.05. The van der Waals surface area contributed by atoms with Gasteiger partial charge in [-0.3, -0.25) is 4.79 Å². The van der Waals surface area contributed by atoms with Gasteiger partial charge in [-0.05, 0) is 0 Å². The highest BCUT2D eigenvalue weighted by atomic mass is 16.6. The summed E-state index contributed by atoms with van der Waals surface area (Å²) in [6.45, 7) is 1.62. The van der Waals surface area contributed by atoms with Crippen LogP contribution in [0.5, 0.6) is 0 Å². The standard InChI is InChI=1S/C11H12O4/c1-2-9(12)15-10(11(13)14)8-6-4-3-5-7-8/h3-7,10H,2H2,1H3,(H,13,14)/t10-/m1/s1. The molecule has 0 spiro atoms. The zero-order valence-corrected chi connectivity index (χ0v) is 8.34. The summed E-state index contributed by atoms with van der Waals surface area (Å²) in [5.74, 6) is -1.69. The molecule has 0 saturated carbocycles. The van der Waals surface area contributed by atoms with Crippen LogP contribution in [0, 0.1) is 0 Å². The van der Waals surface area contributed by atoms with Crippen LogP contribution in [0.2, 0.25) is 0 Å². The molecule has 0 unspecified atom stereocenters. The van der Waals surface area contributed by atoms with E-state index in [0.717, 1.165) is 0 Å². The molecule has 4 nitrogen and oxygen atoms in total. The zero-order valence-electron chi connectivity index (χ0n) is 8.34.